The number of hydrogen-bond donors (Lipinski definition) is 0. The van der Waals surface area contributed by atoms with Crippen molar-refractivity contribution in [1.82, 2.24) is 0 Å². The van der Waals surface area contributed by atoms with Gasteiger partial charge in [0, 0.05) is 19.3 Å². The van der Waals surface area contributed by atoms with E-state index in [-0.39, 0.29) is 46.5 Å². The molecule has 4 aliphatic carbocycles. The maximum Gasteiger partial charge on any atom is 0.309 e. The van der Waals surface area contributed by atoms with Gasteiger partial charge in [0.25, 0.3) is 0 Å². The Morgan fingerprint density at radius 2 is 1.75 bits per heavy atom. The molecule has 8 atom stereocenters. The molecule has 4 fully saturated rings. The molecule has 5 nitrogen and oxygen atoms in total. The third kappa shape index (κ3) is 2.83. The maximum absolute atomic E-state index is 13.1. The maximum atomic E-state index is 13.1. The molecule has 0 aromatic heterocycles. The van der Waals surface area contributed by atoms with E-state index in [1.165, 1.54) is 14.0 Å². The van der Waals surface area contributed by atoms with Gasteiger partial charge in [-0.25, -0.2) is 0 Å². The molecular weight excluding hydrogens is 356 g/mol. The molecule has 0 heterocycles. The van der Waals surface area contributed by atoms with Gasteiger partial charge in [-0.3, -0.25) is 14.4 Å². The first kappa shape index (κ1) is 19.9. The van der Waals surface area contributed by atoms with Gasteiger partial charge in [-0.05, 0) is 73.5 Å². The average Bonchev–Trinajstić information content (AvgIpc) is 2.92. The Hall–Kier alpha value is -1.39. The predicted octanol–water partition coefficient (Wildman–Crippen LogP) is 3.93. The van der Waals surface area contributed by atoms with Crippen molar-refractivity contribution in [3.05, 3.63) is 0 Å². The van der Waals surface area contributed by atoms with E-state index in [2.05, 4.69) is 13.8 Å². The first-order chi connectivity index (χ1) is 13.2. The third-order valence-corrected chi connectivity index (χ3v) is 9.20. The number of methoxy groups -OCH3 is 1. The highest BCUT2D eigenvalue weighted by Gasteiger charge is 2.64. The Balaban J connectivity index is 1.57. The second kappa shape index (κ2) is 6.84. The van der Waals surface area contributed by atoms with Crippen molar-refractivity contribution in [3.63, 3.8) is 0 Å². The summed E-state index contributed by atoms with van der Waals surface area (Å²) in [6.45, 7) is 6.07. The minimum atomic E-state index is -0.277. The molecule has 0 saturated heterocycles. The molecule has 0 aromatic rings. The van der Waals surface area contributed by atoms with Crippen LogP contribution in [0.5, 0.6) is 0 Å². The molecule has 0 N–H and O–H groups in total. The van der Waals surface area contributed by atoms with Crippen molar-refractivity contribution >= 4 is 17.7 Å². The number of Topliss-reactive ketones (excluding diaryl/α,β-unsaturated/α-hetero) is 1. The van der Waals surface area contributed by atoms with Gasteiger partial charge in [0.2, 0.25) is 0 Å². The summed E-state index contributed by atoms with van der Waals surface area (Å²) in [6, 6.07) is 0. The molecule has 4 rings (SSSR count). The number of hydrogen-bond acceptors (Lipinski definition) is 5. The van der Waals surface area contributed by atoms with Crippen molar-refractivity contribution in [2.75, 3.05) is 7.11 Å². The van der Waals surface area contributed by atoms with Gasteiger partial charge in [0.15, 0.2) is 0 Å². The summed E-state index contributed by atoms with van der Waals surface area (Å²) < 4.78 is 10.6. The van der Waals surface area contributed by atoms with Gasteiger partial charge in [0.05, 0.1) is 13.0 Å². The van der Waals surface area contributed by atoms with Crippen LogP contribution in [-0.4, -0.2) is 30.9 Å². The van der Waals surface area contributed by atoms with Gasteiger partial charge < -0.3 is 9.47 Å². The lowest BCUT2D eigenvalue weighted by Crippen LogP contribution is -2.55. The van der Waals surface area contributed by atoms with Gasteiger partial charge in [-0.15, -0.1) is 0 Å². The Morgan fingerprint density at radius 1 is 1.04 bits per heavy atom. The lowest BCUT2D eigenvalue weighted by Gasteiger charge is -2.60. The van der Waals surface area contributed by atoms with Crippen LogP contribution < -0.4 is 0 Å². The number of ketones is 1. The van der Waals surface area contributed by atoms with E-state index in [1.54, 1.807) is 0 Å². The van der Waals surface area contributed by atoms with E-state index >= 15 is 0 Å². The smallest absolute Gasteiger partial charge is 0.309 e. The second-order valence-electron chi connectivity index (χ2n) is 10.3. The van der Waals surface area contributed by atoms with Crippen LogP contribution in [0.15, 0.2) is 0 Å². The van der Waals surface area contributed by atoms with Crippen molar-refractivity contribution in [1.29, 1.82) is 0 Å². The van der Waals surface area contributed by atoms with Crippen molar-refractivity contribution in [2.24, 2.45) is 40.4 Å². The van der Waals surface area contributed by atoms with Gasteiger partial charge in [0.1, 0.15) is 11.9 Å². The van der Waals surface area contributed by atoms with Crippen LogP contribution >= 0.6 is 0 Å². The average molecular weight is 391 g/mol. The third-order valence-electron chi connectivity index (χ3n) is 9.20. The summed E-state index contributed by atoms with van der Waals surface area (Å²) in [4.78, 5) is 36.8. The van der Waals surface area contributed by atoms with Crippen LogP contribution in [0, 0.1) is 40.4 Å². The molecule has 0 aromatic carbocycles. The summed E-state index contributed by atoms with van der Waals surface area (Å²) in [7, 11) is 1.43. The summed E-state index contributed by atoms with van der Waals surface area (Å²) >= 11 is 0. The zero-order valence-corrected chi connectivity index (χ0v) is 17.7. The molecular formula is C23H34O5. The molecule has 4 aliphatic rings. The van der Waals surface area contributed by atoms with E-state index < -0.39 is 0 Å². The number of ether oxygens (including phenoxy) is 2. The highest BCUT2D eigenvalue weighted by molar-refractivity contribution is 5.91. The zero-order valence-electron chi connectivity index (χ0n) is 17.7. The minimum Gasteiger partial charge on any atom is -0.469 e. The number of esters is 2. The largest absolute Gasteiger partial charge is 0.469 e. The van der Waals surface area contributed by atoms with Crippen molar-refractivity contribution in [3.8, 4) is 0 Å². The quantitative estimate of drug-likeness (QED) is 0.668. The van der Waals surface area contributed by atoms with Crippen molar-refractivity contribution in [2.45, 2.75) is 78.2 Å². The van der Waals surface area contributed by atoms with E-state index in [4.69, 9.17) is 9.47 Å². The molecule has 156 valence electrons. The Morgan fingerprint density at radius 3 is 2.43 bits per heavy atom. The molecule has 0 aliphatic heterocycles. The van der Waals surface area contributed by atoms with Crippen molar-refractivity contribution < 1.29 is 23.9 Å². The summed E-state index contributed by atoms with van der Waals surface area (Å²) in [5.41, 5.74) is -0.0337. The number of rotatable bonds is 2. The fourth-order valence-corrected chi connectivity index (χ4v) is 7.85. The number of carbonyl (C=O) groups excluding carboxylic acids is 3. The molecule has 0 radical (unpaired) electrons. The van der Waals surface area contributed by atoms with E-state index in [0.717, 1.165) is 44.9 Å². The Kier molecular flexibility index (Phi) is 4.86. The molecule has 0 bridgehead atoms. The molecule has 5 heteroatoms. The predicted molar refractivity (Wildman–Crippen MR) is 103 cm³/mol. The van der Waals surface area contributed by atoms with Crippen LogP contribution in [0.4, 0.5) is 0 Å². The van der Waals surface area contributed by atoms with E-state index in [9.17, 15) is 14.4 Å². The first-order valence-corrected chi connectivity index (χ1v) is 11.0. The Labute approximate surface area is 167 Å². The zero-order chi connectivity index (χ0) is 20.3. The SMILES string of the molecule is COC(=O)[C@H]1CC(=O)[C@H]2[C@@H]3CC[C@@H]4C[C@@H](OC(C)=O)CC[C@]4(C)[C@H]3CC[C@]12C. The molecule has 0 spiro atoms. The van der Waals surface area contributed by atoms with Crippen LogP contribution in [0.25, 0.3) is 0 Å². The van der Waals surface area contributed by atoms with Crippen LogP contribution in [0.1, 0.15) is 72.1 Å². The second-order valence-corrected chi connectivity index (χ2v) is 10.3. The van der Waals surface area contributed by atoms with E-state index in [0.29, 0.717) is 24.2 Å². The molecule has 28 heavy (non-hydrogen) atoms. The summed E-state index contributed by atoms with van der Waals surface area (Å²) in [5.74, 6) is 1.09. The van der Waals surface area contributed by atoms with E-state index in [1.807, 2.05) is 0 Å². The standard InChI is InChI=1S/C23H34O5/c1-13(24)28-15-7-9-22(2)14(11-15)5-6-16-17(22)8-10-23(3)18(21(26)27-4)12-19(25)20(16)23/h14-18,20H,5-12H2,1-4H3/t14-,15+,16-,17+,18-,20-,22+,23-/m1/s1. The fourth-order valence-electron chi connectivity index (χ4n) is 7.85. The highest BCUT2D eigenvalue weighted by Crippen LogP contribution is 2.66. The number of carbonyl (C=O) groups is 3. The topological polar surface area (TPSA) is 69.7 Å². The fraction of sp³-hybridized carbons (Fsp3) is 0.870. The molecule has 4 saturated carbocycles. The summed E-state index contributed by atoms with van der Waals surface area (Å²) in [5, 5.41) is 0. The minimum absolute atomic E-state index is 0.000631. The van der Waals surface area contributed by atoms with Gasteiger partial charge in [-0.1, -0.05) is 13.8 Å². The number of fused-ring (bicyclic) bond motifs is 5. The van der Waals surface area contributed by atoms with Gasteiger partial charge in [-0.2, -0.15) is 0 Å². The Bertz CT molecular complexity index is 686. The monoisotopic (exact) mass is 390 g/mol. The summed E-state index contributed by atoms with van der Waals surface area (Å²) in [6.07, 6.45) is 7.52. The van der Waals surface area contributed by atoms with Gasteiger partial charge >= 0.3 is 11.9 Å². The normalized spacial score (nSPS) is 47.5. The first-order valence-electron chi connectivity index (χ1n) is 11.0. The van der Waals surface area contributed by atoms with Crippen LogP contribution in [0.2, 0.25) is 0 Å². The molecule has 0 amide bonds. The lowest BCUT2D eigenvalue weighted by atomic mass is 9.44. The van der Waals surface area contributed by atoms with Crippen LogP contribution in [-0.2, 0) is 23.9 Å². The highest BCUT2D eigenvalue weighted by atomic mass is 16.5. The molecule has 0 unspecified atom stereocenters. The van der Waals surface area contributed by atoms with Crippen LogP contribution in [0.3, 0.4) is 0 Å². The lowest BCUT2D eigenvalue weighted by molar-refractivity contribution is -0.166.